The second kappa shape index (κ2) is 6.18. The summed E-state index contributed by atoms with van der Waals surface area (Å²) in [5, 5.41) is 6.16. The van der Waals surface area contributed by atoms with Gasteiger partial charge in [0.25, 0.3) is 0 Å². The van der Waals surface area contributed by atoms with Crippen LogP contribution in [0.5, 0.6) is 0 Å². The maximum Gasteiger partial charge on any atom is 0.333 e. The number of hydrogen-bond donors (Lipinski definition) is 2. The van der Waals surface area contributed by atoms with Crippen molar-refractivity contribution in [2.75, 3.05) is 6.61 Å². The predicted octanol–water partition coefficient (Wildman–Crippen LogP) is 2.40. The van der Waals surface area contributed by atoms with E-state index in [2.05, 4.69) is 10.6 Å². The molecule has 6 heteroatoms. The van der Waals surface area contributed by atoms with Gasteiger partial charge in [-0.15, -0.1) is 0 Å². The smallest absolute Gasteiger partial charge is 0.333 e. The highest BCUT2D eigenvalue weighted by Gasteiger charge is 2.22. The minimum absolute atomic E-state index is 0.101. The van der Waals surface area contributed by atoms with Crippen molar-refractivity contribution in [2.45, 2.75) is 25.8 Å². The Bertz CT molecular complexity index is 579. The minimum atomic E-state index is -0.443. The van der Waals surface area contributed by atoms with Crippen molar-refractivity contribution < 1.29 is 14.3 Å². The van der Waals surface area contributed by atoms with E-state index in [4.69, 9.17) is 16.3 Å². The van der Waals surface area contributed by atoms with Gasteiger partial charge in [0.15, 0.2) is 0 Å². The number of benzene rings is 1. The van der Waals surface area contributed by atoms with Crippen LogP contribution in [0.1, 0.15) is 19.4 Å². The van der Waals surface area contributed by atoms with E-state index in [0.717, 1.165) is 5.56 Å². The molecule has 0 saturated carbocycles. The maximum absolute atomic E-state index is 11.9. The topological polar surface area (TPSA) is 67.4 Å². The molecule has 2 N–H and O–H groups in total. The molecule has 112 valence electrons. The van der Waals surface area contributed by atoms with Crippen LogP contribution < -0.4 is 10.6 Å². The first kappa shape index (κ1) is 15.4. The van der Waals surface area contributed by atoms with Crippen molar-refractivity contribution in [3.05, 3.63) is 46.6 Å². The van der Waals surface area contributed by atoms with Gasteiger partial charge in [-0.3, -0.25) is 0 Å². The Balaban J connectivity index is 1.90. The lowest BCUT2D eigenvalue weighted by atomic mass is 9.95. The van der Waals surface area contributed by atoms with Crippen LogP contribution in [-0.2, 0) is 16.0 Å². The molecule has 0 fully saturated rings. The number of rotatable bonds is 4. The van der Waals surface area contributed by atoms with Crippen LogP contribution in [0.15, 0.2) is 36.0 Å². The predicted molar refractivity (Wildman–Crippen MR) is 79.9 cm³/mol. The second-order valence-electron chi connectivity index (χ2n) is 5.54. The molecular formula is C15H17ClN2O3. The largest absolute Gasteiger partial charge is 0.456 e. The van der Waals surface area contributed by atoms with Gasteiger partial charge in [-0.2, -0.15) is 0 Å². The van der Waals surface area contributed by atoms with E-state index in [1.807, 2.05) is 38.1 Å². The van der Waals surface area contributed by atoms with E-state index in [1.165, 1.54) is 6.08 Å². The summed E-state index contributed by atoms with van der Waals surface area (Å²) in [6.07, 6.45) is 1.93. The number of carbonyl (C=O) groups excluding carboxylic acids is 2. The first-order valence-corrected chi connectivity index (χ1v) is 6.93. The molecule has 21 heavy (non-hydrogen) atoms. The third kappa shape index (κ3) is 4.79. The van der Waals surface area contributed by atoms with Gasteiger partial charge in [-0.05, 0) is 38.0 Å². The lowest BCUT2D eigenvalue weighted by molar-refractivity contribution is -0.134. The summed E-state index contributed by atoms with van der Waals surface area (Å²) in [5.74, 6) is -0.439. The summed E-state index contributed by atoms with van der Waals surface area (Å²) in [5.41, 5.74) is 1.09. The number of halogens is 1. The fraction of sp³-hybridized carbons (Fsp3) is 0.333. The summed E-state index contributed by atoms with van der Waals surface area (Å²) in [7, 11) is 0. The van der Waals surface area contributed by atoms with E-state index < -0.39 is 11.5 Å². The Hall–Kier alpha value is -2.01. The van der Waals surface area contributed by atoms with Gasteiger partial charge in [0, 0.05) is 16.6 Å². The number of urea groups is 1. The summed E-state index contributed by atoms with van der Waals surface area (Å²) in [6, 6.07) is 7.13. The molecule has 0 aliphatic carbocycles. The van der Waals surface area contributed by atoms with Crippen LogP contribution in [0.3, 0.4) is 0 Å². The SMILES string of the molecule is CC(C)(Cc1ccc(Cl)cc1)NC(=O)NC1=CC(=O)OC1. The average Bonchev–Trinajstić information content (AvgIpc) is 2.76. The Morgan fingerprint density at radius 1 is 1.33 bits per heavy atom. The van der Waals surface area contributed by atoms with Crippen molar-refractivity contribution in [1.29, 1.82) is 0 Å². The Kier molecular flexibility index (Phi) is 4.53. The van der Waals surface area contributed by atoms with Gasteiger partial charge < -0.3 is 15.4 Å². The fourth-order valence-corrected chi connectivity index (χ4v) is 2.21. The quantitative estimate of drug-likeness (QED) is 0.839. The number of carbonyl (C=O) groups is 2. The number of cyclic esters (lactones) is 1. The summed E-state index contributed by atoms with van der Waals surface area (Å²) < 4.78 is 4.72. The van der Waals surface area contributed by atoms with E-state index in [1.54, 1.807) is 0 Å². The summed E-state index contributed by atoms with van der Waals surface area (Å²) >= 11 is 5.85. The molecule has 0 bridgehead atoms. The van der Waals surface area contributed by atoms with Crippen molar-refractivity contribution in [3.63, 3.8) is 0 Å². The van der Waals surface area contributed by atoms with Crippen molar-refractivity contribution >= 4 is 23.6 Å². The lowest BCUT2D eigenvalue weighted by Gasteiger charge is -2.26. The molecule has 1 aromatic rings. The van der Waals surface area contributed by atoms with E-state index in [0.29, 0.717) is 17.1 Å². The second-order valence-corrected chi connectivity index (χ2v) is 5.98. The third-order valence-corrected chi connectivity index (χ3v) is 3.20. The van der Waals surface area contributed by atoms with E-state index in [9.17, 15) is 9.59 Å². The molecule has 1 aliphatic heterocycles. The Labute approximate surface area is 128 Å². The zero-order chi connectivity index (χ0) is 15.5. The number of hydrogen-bond acceptors (Lipinski definition) is 3. The monoisotopic (exact) mass is 308 g/mol. The van der Waals surface area contributed by atoms with Crippen molar-refractivity contribution in [2.24, 2.45) is 0 Å². The molecule has 1 aliphatic rings. The van der Waals surface area contributed by atoms with Gasteiger partial charge >= 0.3 is 12.0 Å². The number of esters is 1. The molecule has 0 radical (unpaired) electrons. The van der Waals surface area contributed by atoms with Crippen LogP contribution in [0.25, 0.3) is 0 Å². The van der Waals surface area contributed by atoms with Crippen LogP contribution in [0.4, 0.5) is 4.79 Å². The van der Waals surface area contributed by atoms with Gasteiger partial charge in [-0.1, -0.05) is 23.7 Å². The first-order valence-electron chi connectivity index (χ1n) is 6.55. The molecule has 1 aromatic carbocycles. The molecule has 0 saturated heterocycles. The molecule has 0 aromatic heterocycles. The Morgan fingerprint density at radius 2 is 2.00 bits per heavy atom. The van der Waals surface area contributed by atoms with Gasteiger partial charge in [0.2, 0.25) is 0 Å². The van der Waals surface area contributed by atoms with Crippen molar-refractivity contribution in [1.82, 2.24) is 10.6 Å². The highest BCUT2D eigenvalue weighted by Crippen LogP contribution is 2.16. The zero-order valence-corrected chi connectivity index (χ0v) is 12.7. The molecule has 5 nitrogen and oxygen atoms in total. The van der Waals surface area contributed by atoms with Gasteiger partial charge in [-0.25, -0.2) is 9.59 Å². The number of amides is 2. The van der Waals surface area contributed by atoms with Crippen molar-refractivity contribution in [3.8, 4) is 0 Å². The Morgan fingerprint density at radius 3 is 2.57 bits per heavy atom. The zero-order valence-electron chi connectivity index (χ0n) is 11.9. The summed E-state index contributed by atoms with van der Waals surface area (Å²) in [6.45, 7) is 3.95. The molecular weight excluding hydrogens is 292 g/mol. The highest BCUT2D eigenvalue weighted by molar-refractivity contribution is 6.30. The van der Waals surface area contributed by atoms with Gasteiger partial charge in [0.1, 0.15) is 6.61 Å². The van der Waals surface area contributed by atoms with E-state index >= 15 is 0 Å². The molecule has 0 unspecified atom stereocenters. The van der Waals surface area contributed by atoms with Crippen LogP contribution in [0.2, 0.25) is 5.02 Å². The van der Waals surface area contributed by atoms with Crippen LogP contribution >= 0.6 is 11.6 Å². The molecule has 0 atom stereocenters. The molecule has 1 heterocycles. The van der Waals surface area contributed by atoms with Crippen LogP contribution in [-0.4, -0.2) is 24.1 Å². The highest BCUT2D eigenvalue weighted by atomic mass is 35.5. The number of ether oxygens (including phenoxy) is 1. The standard InChI is InChI=1S/C15H17ClN2O3/c1-15(2,8-10-3-5-11(16)6-4-10)18-14(20)17-12-7-13(19)21-9-12/h3-7H,8-9H2,1-2H3,(H2,17,18,20). The first-order chi connectivity index (χ1) is 9.84. The summed E-state index contributed by atoms with van der Waals surface area (Å²) in [4.78, 5) is 22.8. The van der Waals surface area contributed by atoms with E-state index in [-0.39, 0.29) is 12.6 Å². The molecule has 2 rings (SSSR count). The lowest BCUT2D eigenvalue weighted by Crippen LogP contribution is -2.49. The maximum atomic E-state index is 11.9. The molecule has 2 amide bonds. The average molecular weight is 309 g/mol. The third-order valence-electron chi connectivity index (χ3n) is 2.95. The number of nitrogens with one attached hydrogen (secondary N) is 2. The van der Waals surface area contributed by atoms with Crippen LogP contribution in [0, 0.1) is 0 Å². The normalized spacial score (nSPS) is 14.4. The fourth-order valence-electron chi connectivity index (χ4n) is 2.09. The van der Waals surface area contributed by atoms with Gasteiger partial charge in [0.05, 0.1) is 5.70 Å². The molecule has 0 spiro atoms. The minimum Gasteiger partial charge on any atom is -0.456 e.